The lowest BCUT2D eigenvalue weighted by Gasteiger charge is -2.15. The third-order valence-electron chi connectivity index (χ3n) is 2.62. The summed E-state index contributed by atoms with van der Waals surface area (Å²) >= 11 is 3.45. The first-order chi connectivity index (χ1) is 7.89. The van der Waals surface area contributed by atoms with Crippen LogP contribution in [0.25, 0.3) is 5.69 Å². The smallest absolute Gasteiger partial charge is 0.271 e. The molecule has 1 aromatic heterocycles. The fourth-order valence-corrected chi connectivity index (χ4v) is 2.05. The summed E-state index contributed by atoms with van der Waals surface area (Å²) < 4.78 is 2.45. The highest BCUT2D eigenvalue weighted by molar-refractivity contribution is 9.10. The molecule has 0 amide bonds. The van der Waals surface area contributed by atoms with Gasteiger partial charge in [0.1, 0.15) is 0 Å². The molecule has 4 heteroatoms. The maximum absolute atomic E-state index is 12.0. The van der Waals surface area contributed by atoms with E-state index in [4.69, 9.17) is 0 Å². The summed E-state index contributed by atoms with van der Waals surface area (Å²) in [6, 6.07) is 9.30. The standard InChI is InChI=1S/C13H15BrN2O/c1-13(2,3)11-8-12(17)16(15-11)10-7-5-4-6-9(10)14/h4-8,15H,1-3H3. The van der Waals surface area contributed by atoms with Gasteiger partial charge in [0.2, 0.25) is 0 Å². The molecule has 90 valence electrons. The van der Waals surface area contributed by atoms with Crippen LogP contribution in [0, 0.1) is 0 Å². The van der Waals surface area contributed by atoms with Crippen molar-refractivity contribution >= 4 is 15.9 Å². The van der Waals surface area contributed by atoms with Gasteiger partial charge in [-0.2, -0.15) is 0 Å². The van der Waals surface area contributed by atoms with E-state index in [0.29, 0.717) is 0 Å². The number of halogens is 1. The molecule has 1 heterocycles. The number of nitrogens with zero attached hydrogens (tertiary/aromatic N) is 1. The maximum atomic E-state index is 12.0. The molecule has 3 nitrogen and oxygen atoms in total. The van der Waals surface area contributed by atoms with Gasteiger partial charge in [0.15, 0.2) is 0 Å². The number of benzene rings is 1. The van der Waals surface area contributed by atoms with Gasteiger partial charge in [-0.05, 0) is 28.1 Å². The van der Waals surface area contributed by atoms with E-state index in [1.807, 2.05) is 24.3 Å². The highest BCUT2D eigenvalue weighted by atomic mass is 79.9. The van der Waals surface area contributed by atoms with Crippen LogP contribution in [-0.4, -0.2) is 9.78 Å². The van der Waals surface area contributed by atoms with Crippen LogP contribution in [0.1, 0.15) is 26.5 Å². The van der Waals surface area contributed by atoms with E-state index in [0.717, 1.165) is 15.9 Å². The Bertz CT molecular complexity index is 590. The minimum absolute atomic E-state index is 0.0400. The number of hydrogen-bond donors (Lipinski definition) is 1. The Kier molecular flexibility index (Phi) is 3.00. The number of aromatic amines is 1. The number of hydrogen-bond acceptors (Lipinski definition) is 1. The summed E-state index contributed by atoms with van der Waals surface area (Å²) in [7, 11) is 0. The van der Waals surface area contributed by atoms with E-state index in [9.17, 15) is 4.79 Å². The van der Waals surface area contributed by atoms with Crippen molar-refractivity contribution in [2.45, 2.75) is 26.2 Å². The van der Waals surface area contributed by atoms with Crippen LogP contribution >= 0.6 is 15.9 Å². The fourth-order valence-electron chi connectivity index (χ4n) is 1.59. The number of nitrogens with one attached hydrogen (secondary N) is 1. The molecule has 0 radical (unpaired) electrons. The van der Waals surface area contributed by atoms with Gasteiger partial charge in [-0.1, -0.05) is 32.9 Å². The lowest BCUT2D eigenvalue weighted by atomic mass is 9.93. The molecule has 0 aliphatic carbocycles. The third-order valence-corrected chi connectivity index (χ3v) is 3.29. The van der Waals surface area contributed by atoms with Gasteiger partial charge in [-0.15, -0.1) is 0 Å². The van der Waals surface area contributed by atoms with E-state index in [1.54, 1.807) is 10.7 Å². The zero-order valence-corrected chi connectivity index (χ0v) is 11.7. The van der Waals surface area contributed by atoms with E-state index < -0.39 is 0 Å². The van der Waals surface area contributed by atoms with Gasteiger partial charge in [0.25, 0.3) is 5.56 Å². The Balaban J connectivity index is 2.59. The van der Waals surface area contributed by atoms with E-state index in [-0.39, 0.29) is 11.0 Å². The van der Waals surface area contributed by atoms with Gasteiger partial charge in [-0.3, -0.25) is 9.89 Å². The topological polar surface area (TPSA) is 37.8 Å². The molecule has 0 unspecified atom stereocenters. The second-order valence-corrected chi connectivity index (χ2v) is 5.90. The normalized spacial score (nSPS) is 11.8. The van der Waals surface area contributed by atoms with Crippen molar-refractivity contribution in [1.29, 1.82) is 0 Å². The lowest BCUT2D eigenvalue weighted by molar-refractivity contribution is 0.560. The summed E-state index contributed by atoms with van der Waals surface area (Å²) in [5, 5.41) is 3.15. The highest BCUT2D eigenvalue weighted by Crippen LogP contribution is 2.22. The first-order valence-corrected chi connectivity index (χ1v) is 6.26. The van der Waals surface area contributed by atoms with Crippen LogP contribution in [0.3, 0.4) is 0 Å². The molecule has 2 aromatic rings. The first kappa shape index (κ1) is 12.2. The van der Waals surface area contributed by atoms with Crippen LogP contribution < -0.4 is 5.56 Å². The minimum Gasteiger partial charge on any atom is -0.294 e. The summed E-state index contributed by atoms with van der Waals surface area (Å²) in [5.41, 5.74) is 1.65. The SMILES string of the molecule is CC(C)(C)c1cc(=O)n(-c2ccccc2Br)[nH]1. The molecule has 0 aliphatic heterocycles. The van der Waals surface area contributed by atoms with Gasteiger partial charge in [-0.25, -0.2) is 4.68 Å². The Morgan fingerprint density at radius 1 is 1.24 bits per heavy atom. The molecule has 0 atom stereocenters. The Morgan fingerprint density at radius 3 is 2.41 bits per heavy atom. The molecular formula is C13H15BrN2O. The van der Waals surface area contributed by atoms with Crippen LogP contribution in [0.4, 0.5) is 0 Å². The molecular weight excluding hydrogens is 280 g/mol. The number of H-pyrrole nitrogens is 1. The number of rotatable bonds is 1. The molecule has 0 spiro atoms. The fraction of sp³-hybridized carbons (Fsp3) is 0.308. The molecule has 0 bridgehead atoms. The molecule has 0 saturated heterocycles. The van der Waals surface area contributed by atoms with Crippen molar-refractivity contribution in [2.75, 3.05) is 0 Å². The summed E-state index contributed by atoms with van der Waals surface area (Å²) in [6.45, 7) is 6.22. The maximum Gasteiger partial charge on any atom is 0.271 e. The third kappa shape index (κ3) is 2.36. The van der Waals surface area contributed by atoms with Crippen molar-refractivity contribution < 1.29 is 0 Å². The van der Waals surface area contributed by atoms with E-state index >= 15 is 0 Å². The van der Waals surface area contributed by atoms with E-state index in [1.165, 1.54) is 0 Å². The Morgan fingerprint density at radius 2 is 1.88 bits per heavy atom. The quantitative estimate of drug-likeness (QED) is 0.861. The molecule has 17 heavy (non-hydrogen) atoms. The highest BCUT2D eigenvalue weighted by Gasteiger charge is 2.18. The van der Waals surface area contributed by atoms with Crippen molar-refractivity contribution in [1.82, 2.24) is 9.78 Å². The van der Waals surface area contributed by atoms with Crippen molar-refractivity contribution in [2.24, 2.45) is 0 Å². The molecule has 0 saturated carbocycles. The number of para-hydroxylation sites is 1. The average Bonchev–Trinajstić information content (AvgIpc) is 2.61. The second kappa shape index (κ2) is 4.18. The monoisotopic (exact) mass is 294 g/mol. The largest absolute Gasteiger partial charge is 0.294 e. The van der Waals surface area contributed by atoms with E-state index in [2.05, 4.69) is 41.8 Å². The molecule has 1 N–H and O–H groups in total. The van der Waals surface area contributed by atoms with Crippen LogP contribution in [0.5, 0.6) is 0 Å². The van der Waals surface area contributed by atoms with Crippen LogP contribution in [-0.2, 0) is 5.41 Å². The zero-order chi connectivity index (χ0) is 12.6. The van der Waals surface area contributed by atoms with Gasteiger partial charge < -0.3 is 0 Å². The predicted octanol–water partition coefficient (Wildman–Crippen LogP) is 3.23. The molecule has 2 rings (SSSR count). The molecule has 1 aromatic carbocycles. The summed E-state index contributed by atoms with van der Waals surface area (Å²) in [5.74, 6) is 0. The second-order valence-electron chi connectivity index (χ2n) is 5.04. The number of aromatic nitrogens is 2. The minimum atomic E-state index is -0.0638. The average molecular weight is 295 g/mol. The van der Waals surface area contributed by atoms with Crippen LogP contribution in [0.15, 0.2) is 39.6 Å². The molecule has 0 fully saturated rings. The van der Waals surface area contributed by atoms with Crippen molar-refractivity contribution in [3.63, 3.8) is 0 Å². The molecule has 0 aliphatic rings. The predicted molar refractivity (Wildman–Crippen MR) is 72.8 cm³/mol. The first-order valence-electron chi connectivity index (χ1n) is 5.47. The van der Waals surface area contributed by atoms with Crippen molar-refractivity contribution in [3.8, 4) is 5.69 Å². The summed E-state index contributed by atoms with van der Waals surface area (Å²) in [6.07, 6.45) is 0. The summed E-state index contributed by atoms with van der Waals surface area (Å²) in [4.78, 5) is 12.0. The Labute approximate surface area is 109 Å². The van der Waals surface area contributed by atoms with Crippen molar-refractivity contribution in [3.05, 3.63) is 50.9 Å². The van der Waals surface area contributed by atoms with Gasteiger partial charge >= 0.3 is 0 Å². The van der Waals surface area contributed by atoms with Crippen LogP contribution in [0.2, 0.25) is 0 Å². The Hall–Kier alpha value is -1.29. The zero-order valence-electron chi connectivity index (χ0n) is 10.1. The van der Waals surface area contributed by atoms with Gasteiger partial charge in [0.05, 0.1) is 5.69 Å². The lowest BCUT2D eigenvalue weighted by Crippen LogP contribution is -2.14. The van der Waals surface area contributed by atoms with Gasteiger partial charge in [0, 0.05) is 21.6 Å².